The molecule has 0 aliphatic carbocycles. The highest BCUT2D eigenvalue weighted by Crippen LogP contribution is 2.43. The summed E-state index contributed by atoms with van der Waals surface area (Å²) < 4.78 is 86.5. The van der Waals surface area contributed by atoms with Crippen LogP contribution in [0.2, 0.25) is 10.0 Å². The van der Waals surface area contributed by atoms with Crippen LogP contribution >= 0.6 is 23.2 Å². The zero-order chi connectivity index (χ0) is 41.7. The fraction of sp³-hybridized carbons (Fsp3) is 0.297. The lowest BCUT2D eigenvalue weighted by atomic mass is 9.98. The molecule has 2 atom stereocenters. The molecular weight excluding hydrogens is 833 g/mol. The summed E-state index contributed by atoms with van der Waals surface area (Å²) in [6.07, 6.45) is 0.294. The van der Waals surface area contributed by atoms with Gasteiger partial charge in [-0.2, -0.15) is 0 Å². The first-order chi connectivity index (χ1) is 26.7. The molecule has 0 radical (unpaired) electrons. The van der Waals surface area contributed by atoms with Crippen molar-refractivity contribution in [1.82, 2.24) is 19.2 Å². The number of fused-ring (bicyclic) bond motifs is 2. The predicted octanol–water partition coefficient (Wildman–Crippen LogP) is 5.33. The molecule has 2 unspecified atom stereocenters. The SMILES string of the molecule is CC(CNS(=O)(=O)c1cc(O)c(O)c2c1CN(Cc1ccc(F)c(Cl)c1)C2=O)CC(C)CNS(=O)(=O)c1cc(O)c(O)c2c1CN(Cc1ccc(F)c(Cl)c1)C2=O. The molecule has 57 heavy (non-hydrogen) atoms. The summed E-state index contributed by atoms with van der Waals surface area (Å²) >= 11 is 11.7. The van der Waals surface area contributed by atoms with E-state index in [0.717, 1.165) is 24.3 Å². The molecule has 20 heteroatoms. The van der Waals surface area contributed by atoms with Gasteiger partial charge in [0.05, 0.1) is 31.0 Å². The number of carbonyl (C=O) groups excluding carboxylic acids is 2. The molecule has 304 valence electrons. The van der Waals surface area contributed by atoms with Crippen molar-refractivity contribution >= 4 is 55.1 Å². The molecule has 0 bridgehead atoms. The highest BCUT2D eigenvalue weighted by molar-refractivity contribution is 7.89. The molecule has 4 aromatic rings. The topological polar surface area (TPSA) is 214 Å². The largest absolute Gasteiger partial charge is 0.504 e. The van der Waals surface area contributed by atoms with Crippen molar-refractivity contribution in [3.63, 3.8) is 0 Å². The smallest absolute Gasteiger partial charge is 0.258 e. The zero-order valence-corrected chi connectivity index (χ0v) is 33.3. The Morgan fingerprint density at radius 2 is 1.04 bits per heavy atom. The number of nitrogens with zero attached hydrogens (tertiary/aromatic N) is 2. The Bertz CT molecular complexity index is 2370. The van der Waals surface area contributed by atoms with E-state index in [1.807, 2.05) is 0 Å². The van der Waals surface area contributed by atoms with Crippen molar-refractivity contribution in [2.75, 3.05) is 13.1 Å². The lowest BCUT2D eigenvalue weighted by Crippen LogP contribution is -2.33. The first kappa shape index (κ1) is 41.9. The maximum absolute atomic E-state index is 13.7. The lowest BCUT2D eigenvalue weighted by Gasteiger charge is -2.20. The van der Waals surface area contributed by atoms with Crippen LogP contribution in [0.15, 0.2) is 58.3 Å². The quantitative estimate of drug-likeness (QED) is 0.0897. The number of phenols is 4. The molecule has 0 spiro atoms. The molecule has 2 amide bonds. The van der Waals surface area contributed by atoms with E-state index < -0.39 is 76.3 Å². The fourth-order valence-corrected chi connectivity index (χ4v) is 10.2. The zero-order valence-electron chi connectivity index (χ0n) is 30.2. The van der Waals surface area contributed by atoms with Gasteiger partial charge < -0.3 is 30.2 Å². The Kier molecular flexibility index (Phi) is 11.7. The number of benzene rings is 4. The molecule has 2 heterocycles. The Morgan fingerprint density at radius 3 is 1.39 bits per heavy atom. The van der Waals surface area contributed by atoms with Crippen LogP contribution in [0.4, 0.5) is 8.78 Å². The van der Waals surface area contributed by atoms with E-state index in [0.29, 0.717) is 17.5 Å². The van der Waals surface area contributed by atoms with E-state index in [9.17, 15) is 55.6 Å². The van der Waals surface area contributed by atoms with Crippen molar-refractivity contribution in [2.24, 2.45) is 11.8 Å². The van der Waals surface area contributed by atoms with Crippen LogP contribution < -0.4 is 9.44 Å². The number of phenolic OH excluding ortho intramolecular Hbond substituents is 4. The van der Waals surface area contributed by atoms with Crippen LogP contribution in [0.25, 0.3) is 0 Å². The first-order valence-electron chi connectivity index (χ1n) is 17.3. The minimum atomic E-state index is -4.39. The molecular formula is C37H36Cl2F2N4O10S2. The van der Waals surface area contributed by atoms with Gasteiger partial charge in [0.1, 0.15) is 11.6 Å². The summed E-state index contributed by atoms with van der Waals surface area (Å²) in [7, 11) is -8.77. The maximum Gasteiger partial charge on any atom is 0.258 e. The van der Waals surface area contributed by atoms with Crippen molar-refractivity contribution < 1.29 is 55.6 Å². The third-order valence-corrected chi connectivity index (χ3v) is 13.3. The van der Waals surface area contributed by atoms with Crippen LogP contribution in [0.1, 0.15) is 63.2 Å². The second kappa shape index (κ2) is 15.9. The Balaban J connectivity index is 1.09. The Morgan fingerprint density at radius 1 is 0.667 bits per heavy atom. The van der Waals surface area contributed by atoms with Crippen LogP contribution in [0.5, 0.6) is 23.0 Å². The third-order valence-electron chi connectivity index (χ3n) is 9.74. The minimum Gasteiger partial charge on any atom is -0.504 e. The Hall–Kier alpha value is -4.72. The molecule has 6 rings (SSSR count). The van der Waals surface area contributed by atoms with E-state index in [1.54, 1.807) is 13.8 Å². The van der Waals surface area contributed by atoms with Crippen LogP contribution in [-0.4, -0.2) is 72.0 Å². The van der Waals surface area contributed by atoms with E-state index in [-0.39, 0.29) is 83.4 Å². The predicted molar refractivity (Wildman–Crippen MR) is 203 cm³/mol. The van der Waals surface area contributed by atoms with E-state index in [4.69, 9.17) is 23.2 Å². The lowest BCUT2D eigenvalue weighted by molar-refractivity contribution is 0.0756. The number of rotatable bonds is 14. The molecule has 0 aromatic heterocycles. The summed E-state index contributed by atoms with van der Waals surface area (Å²) in [5.74, 6) is -6.84. The Labute approximate surface area is 336 Å². The first-order valence-corrected chi connectivity index (χ1v) is 21.0. The molecule has 14 nitrogen and oxygen atoms in total. The molecule has 2 aliphatic heterocycles. The number of aromatic hydroxyl groups is 4. The van der Waals surface area contributed by atoms with Gasteiger partial charge in [-0.05, 0) is 53.6 Å². The molecule has 0 saturated heterocycles. The summed E-state index contributed by atoms with van der Waals surface area (Å²) in [6, 6.07) is 9.34. The molecule has 4 aromatic carbocycles. The minimum absolute atomic E-state index is 0.0529. The summed E-state index contributed by atoms with van der Waals surface area (Å²) in [4.78, 5) is 28.1. The van der Waals surface area contributed by atoms with Gasteiger partial charge in [-0.25, -0.2) is 35.1 Å². The van der Waals surface area contributed by atoms with E-state index >= 15 is 0 Å². The third kappa shape index (κ3) is 8.47. The normalized spacial score (nSPS) is 15.3. The summed E-state index contributed by atoms with van der Waals surface area (Å²) in [6.45, 7) is 2.44. The second-order valence-electron chi connectivity index (χ2n) is 14.2. The van der Waals surface area contributed by atoms with Crippen LogP contribution in [0.3, 0.4) is 0 Å². The van der Waals surface area contributed by atoms with Gasteiger partial charge in [-0.1, -0.05) is 49.2 Å². The standard InChI is InChI=1S/C37H36Cl2F2N4O10S2/c1-18(12-42-56(52,53)30-10-28(46)34(48)32-22(30)16-44(36(32)50)14-20-3-5-26(40)24(38)8-20)7-19(2)13-43-57(54,55)31-11-29(47)35(49)33-23(31)17-45(37(33)51)15-21-4-6-27(41)25(39)9-21/h3-6,8-11,18-19,42-43,46-49H,7,12-17H2,1-2H3. The number of sulfonamides is 2. The van der Waals surface area contributed by atoms with Gasteiger partial charge in [0.2, 0.25) is 20.0 Å². The average molecular weight is 870 g/mol. The summed E-state index contributed by atoms with van der Waals surface area (Å²) in [5.41, 5.74) is -0.00301. The van der Waals surface area contributed by atoms with Gasteiger partial charge in [0.15, 0.2) is 23.0 Å². The molecule has 0 fully saturated rings. The van der Waals surface area contributed by atoms with Crippen molar-refractivity contribution in [3.8, 4) is 23.0 Å². The fourth-order valence-electron chi connectivity index (χ4n) is 6.93. The van der Waals surface area contributed by atoms with Crippen LogP contribution in [-0.2, 0) is 46.2 Å². The monoisotopic (exact) mass is 868 g/mol. The van der Waals surface area contributed by atoms with E-state index in [2.05, 4.69) is 9.44 Å². The van der Waals surface area contributed by atoms with Gasteiger partial charge in [-0.3, -0.25) is 9.59 Å². The number of nitrogens with one attached hydrogen (secondary N) is 2. The van der Waals surface area contributed by atoms with Gasteiger partial charge in [-0.15, -0.1) is 0 Å². The number of amides is 2. The number of halogens is 4. The van der Waals surface area contributed by atoms with Gasteiger partial charge in [0, 0.05) is 62.5 Å². The van der Waals surface area contributed by atoms with Crippen LogP contribution in [0, 0.1) is 23.5 Å². The number of hydrogen-bond acceptors (Lipinski definition) is 10. The van der Waals surface area contributed by atoms with Gasteiger partial charge in [0.25, 0.3) is 11.8 Å². The number of carbonyl (C=O) groups is 2. The van der Waals surface area contributed by atoms with Crippen molar-refractivity contribution in [1.29, 1.82) is 0 Å². The van der Waals surface area contributed by atoms with Crippen molar-refractivity contribution in [3.05, 3.63) is 104 Å². The number of hydrogen-bond donors (Lipinski definition) is 6. The average Bonchev–Trinajstić information content (AvgIpc) is 3.64. The maximum atomic E-state index is 13.7. The summed E-state index contributed by atoms with van der Waals surface area (Å²) in [5, 5.41) is 41.5. The highest BCUT2D eigenvalue weighted by atomic mass is 35.5. The molecule has 0 saturated carbocycles. The van der Waals surface area contributed by atoms with Gasteiger partial charge >= 0.3 is 0 Å². The molecule has 6 N–H and O–H groups in total. The highest BCUT2D eigenvalue weighted by Gasteiger charge is 2.39. The van der Waals surface area contributed by atoms with E-state index in [1.165, 1.54) is 34.1 Å². The molecule has 2 aliphatic rings. The van der Waals surface area contributed by atoms with Crippen molar-refractivity contribution in [2.45, 2.75) is 56.2 Å². The second-order valence-corrected chi connectivity index (χ2v) is 18.4.